The predicted molar refractivity (Wildman–Crippen MR) is 134 cm³/mol. The number of aromatic hydroxyl groups is 3. The van der Waals surface area contributed by atoms with E-state index in [0.29, 0.717) is 36.0 Å². The lowest BCUT2D eigenvalue weighted by molar-refractivity contribution is 0.230. The molecule has 0 aliphatic heterocycles. The van der Waals surface area contributed by atoms with Gasteiger partial charge in [-0.1, -0.05) is 18.6 Å². The zero-order valence-corrected chi connectivity index (χ0v) is 20.6. The Labute approximate surface area is 203 Å². The van der Waals surface area contributed by atoms with E-state index < -0.39 is 11.2 Å². The fraction of sp³-hybridized carbons (Fsp3) is 0.370. The lowest BCUT2D eigenvalue weighted by Crippen LogP contribution is -2.09. The Morgan fingerprint density at radius 1 is 1.03 bits per heavy atom. The van der Waals surface area contributed by atoms with Gasteiger partial charge in [-0.2, -0.15) is 0 Å². The molecule has 188 valence electrons. The van der Waals surface area contributed by atoms with Crippen molar-refractivity contribution in [1.82, 2.24) is 0 Å². The highest BCUT2D eigenvalue weighted by molar-refractivity contribution is 5.91. The number of fused-ring (bicyclic) bond motifs is 1. The first-order valence-electron chi connectivity index (χ1n) is 11.4. The van der Waals surface area contributed by atoms with Crippen molar-refractivity contribution in [1.29, 1.82) is 0 Å². The second-order valence-corrected chi connectivity index (χ2v) is 8.90. The summed E-state index contributed by atoms with van der Waals surface area (Å²) in [6.07, 6.45) is 3.59. The maximum Gasteiger partial charge on any atom is 0.239 e. The molecule has 8 nitrogen and oxygen atoms in total. The number of phenols is 3. The molecule has 35 heavy (non-hydrogen) atoms. The molecule has 1 atom stereocenters. The van der Waals surface area contributed by atoms with Crippen molar-refractivity contribution in [3.05, 3.63) is 51.2 Å². The third-order valence-electron chi connectivity index (χ3n) is 5.94. The van der Waals surface area contributed by atoms with Crippen LogP contribution in [0, 0.1) is 5.92 Å². The van der Waals surface area contributed by atoms with E-state index in [9.17, 15) is 25.2 Å². The first kappa shape index (κ1) is 26.0. The molecule has 3 aromatic rings. The lowest BCUT2D eigenvalue weighted by Gasteiger charge is -2.16. The predicted octanol–water partition coefficient (Wildman–Crippen LogP) is 4.66. The molecule has 0 bridgehead atoms. The summed E-state index contributed by atoms with van der Waals surface area (Å²) in [4.78, 5) is 13.3. The highest BCUT2D eigenvalue weighted by Crippen LogP contribution is 2.44. The Morgan fingerprint density at radius 3 is 2.29 bits per heavy atom. The summed E-state index contributed by atoms with van der Waals surface area (Å²) in [5.74, 6) is -1.00. The number of hydrogen-bond donors (Lipinski definition) is 4. The van der Waals surface area contributed by atoms with Gasteiger partial charge < -0.3 is 34.3 Å². The molecule has 0 fully saturated rings. The Bertz CT molecular complexity index is 1320. The van der Waals surface area contributed by atoms with Crippen LogP contribution in [-0.4, -0.2) is 41.3 Å². The van der Waals surface area contributed by atoms with Crippen LogP contribution in [0.1, 0.15) is 38.3 Å². The molecular formula is C27H32O8. The fourth-order valence-corrected chi connectivity index (χ4v) is 3.91. The minimum atomic E-state index is -0.631. The Morgan fingerprint density at radius 2 is 1.69 bits per heavy atom. The number of aliphatic hydroxyl groups excluding tert-OH is 1. The van der Waals surface area contributed by atoms with Crippen LogP contribution in [0.15, 0.2) is 39.1 Å². The zero-order chi connectivity index (χ0) is 25.9. The quantitative estimate of drug-likeness (QED) is 0.323. The number of aliphatic hydroxyl groups is 1. The number of methoxy groups -OCH3 is 2. The van der Waals surface area contributed by atoms with E-state index in [2.05, 4.69) is 0 Å². The summed E-state index contributed by atoms with van der Waals surface area (Å²) >= 11 is 0. The molecule has 0 saturated carbocycles. The van der Waals surface area contributed by atoms with E-state index in [1.807, 2.05) is 26.8 Å². The topological polar surface area (TPSA) is 130 Å². The first-order valence-corrected chi connectivity index (χ1v) is 11.4. The standard InChI is InChI=1S/C27H32O8/c1-14(2)6-8-16-10-18(11-17(22(16)30)9-7-15(3)13-28)25-27(34-5)24(32)21-20(35-25)12-19(29)26(33-4)23(21)31/h6,10-12,15,28-31H,7-9,13H2,1-5H3. The Hall–Kier alpha value is -3.65. The molecule has 1 unspecified atom stereocenters. The molecule has 0 aliphatic carbocycles. The molecule has 0 spiro atoms. The van der Waals surface area contributed by atoms with Crippen LogP contribution in [0.4, 0.5) is 0 Å². The molecule has 4 N–H and O–H groups in total. The van der Waals surface area contributed by atoms with Gasteiger partial charge in [0.25, 0.3) is 0 Å². The van der Waals surface area contributed by atoms with Crippen LogP contribution in [0.3, 0.4) is 0 Å². The second kappa shape index (κ2) is 10.7. The van der Waals surface area contributed by atoms with Crippen molar-refractivity contribution in [2.24, 2.45) is 5.92 Å². The molecule has 0 saturated heterocycles. The first-order chi connectivity index (χ1) is 16.6. The van der Waals surface area contributed by atoms with Crippen LogP contribution < -0.4 is 14.9 Å². The third-order valence-corrected chi connectivity index (χ3v) is 5.94. The summed E-state index contributed by atoms with van der Waals surface area (Å²) < 4.78 is 16.4. The number of phenolic OH excluding ortho intramolecular Hbond substituents is 3. The number of ether oxygens (including phenoxy) is 2. The average Bonchev–Trinajstić information content (AvgIpc) is 2.82. The van der Waals surface area contributed by atoms with Gasteiger partial charge in [-0.05, 0) is 62.3 Å². The van der Waals surface area contributed by atoms with Crippen molar-refractivity contribution in [3.63, 3.8) is 0 Å². The van der Waals surface area contributed by atoms with E-state index in [1.54, 1.807) is 12.1 Å². The SMILES string of the molecule is COc1c(O)cc2oc(-c3cc(CC=C(C)C)c(O)c(CCC(C)CO)c3)c(OC)c(=O)c2c1O. The Kier molecular flexibility index (Phi) is 7.96. The summed E-state index contributed by atoms with van der Waals surface area (Å²) in [6.45, 7) is 5.88. The van der Waals surface area contributed by atoms with E-state index in [-0.39, 0.29) is 52.3 Å². The normalized spacial score (nSPS) is 11.9. The minimum Gasteiger partial charge on any atom is -0.507 e. The van der Waals surface area contributed by atoms with Crippen molar-refractivity contribution in [3.8, 4) is 40.1 Å². The highest BCUT2D eigenvalue weighted by Gasteiger charge is 2.24. The number of benzene rings is 2. The molecule has 1 heterocycles. The molecule has 0 radical (unpaired) electrons. The van der Waals surface area contributed by atoms with Gasteiger partial charge in [-0.15, -0.1) is 0 Å². The van der Waals surface area contributed by atoms with Crippen LogP contribution in [0.25, 0.3) is 22.3 Å². The number of aryl methyl sites for hydroxylation is 1. The summed E-state index contributed by atoms with van der Waals surface area (Å²) in [5, 5.41) is 40.9. The summed E-state index contributed by atoms with van der Waals surface area (Å²) in [6, 6.07) is 4.65. The highest BCUT2D eigenvalue weighted by atomic mass is 16.5. The maximum absolute atomic E-state index is 13.3. The molecule has 8 heteroatoms. The van der Waals surface area contributed by atoms with E-state index in [0.717, 1.165) is 5.57 Å². The smallest absolute Gasteiger partial charge is 0.239 e. The van der Waals surface area contributed by atoms with Crippen molar-refractivity contribution in [2.45, 2.75) is 40.0 Å². The third kappa shape index (κ3) is 5.22. The molecule has 0 amide bonds. The minimum absolute atomic E-state index is 0.0366. The van der Waals surface area contributed by atoms with Gasteiger partial charge in [-0.25, -0.2) is 0 Å². The monoisotopic (exact) mass is 484 g/mol. The van der Waals surface area contributed by atoms with E-state index in [1.165, 1.54) is 20.3 Å². The van der Waals surface area contributed by atoms with E-state index >= 15 is 0 Å². The van der Waals surface area contributed by atoms with Gasteiger partial charge in [-0.3, -0.25) is 4.79 Å². The van der Waals surface area contributed by atoms with E-state index in [4.69, 9.17) is 13.9 Å². The summed E-state index contributed by atoms with van der Waals surface area (Å²) in [7, 11) is 2.59. The molecule has 3 rings (SSSR count). The zero-order valence-electron chi connectivity index (χ0n) is 20.6. The van der Waals surface area contributed by atoms with Crippen LogP contribution >= 0.6 is 0 Å². The van der Waals surface area contributed by atoms with Crippen LogP contribution in [0.2, 0.25) is 0 Å². The second-order valence-electron chi connectivity index (χ2n) is 8.90. The maximum atomic E-state index is 13.3. The van der Waals surface area contributed by atoms with Crippen LogP contribution in [-0.2, 0) is 12.8 Å². The number of rotatable bonds is 9. The van der Waals surface area contributed by atoms with Gasteiger partial charge in [0, 0.05) is 18.2 Å². The van der Waals surface area contributed by atoms with Gasteiger partial charge in [0.2, 0.25) is 16.9 Å². The summed E-state index contributed by atoms with van der Waals surface area (Å²) in [5.41, 5.74) is 2.19. The largest absolute Gasteiger partial charge is 0.507 e. The van der Waals surface area contributed by atoms with Crippen molar-refractivity contribution >= 4 is 11.0 Å². The number of hydrogen-bond acceptors (Lipinski definition) is 8. The average molecular weight is 485 g/mol. The van der Waals surface area contributed by atoms with Gasteiger partial charge in [0.05, 0.1) is 14.2 Å². The lowest BCUT2D eigenvalue weighted by atomic mass is 9.94. The van der Waals surface area contributed by atoms with Gasteiger partial charge >= 0.3 is 0 Å². The molecule has 1 aromatic heterocycles. The van der Waals surface area contributed by atoms with Crippen LogP contribution in [0.5, 0.6) is 28.7 Å². The Balaban J connectivity index is 2.30. The molecule has 2 aromatic carbocycles. The van der Waals surface area contributed by atoms with Crippen molar-refractivity contribution in [2.75, 3.05) is 20.8 Å². The van der Waals surface area contributed by atoms with Crippen molar-refractivity contribution < 1.29 is 34.3 Å². The molecular weight excluding hydrogens is 452 g/mol. The number of allylic oxidation sites excluding steroid dienone is 2. The van der Waals surface area contributed by atoms with Gasteiger partial charge in [0.1, 0.15) is 16.7 Å². The molecule has 0 aliphatic rings. The fourth-order valence-electron chi connectivity index (χ4n) is 3.91. The van der Waals surface area contributed by atoms with Gasteiger partial charge in [0.15, 0.2) is 17.3 Å².